The normalized spacial score (nSPS) is 11.1. The summed E-state index contributed by atoms with van der Waals surface area (Å²) in [6, 6.07) is 11.4. The van der Waals surface area contributed by atoms with E-state index in [9.17, 15) is 13.5 Å². The first kappa shape index (κ1) is 15.1. The van der Waals surface area contributed by atoms with Gasteiger partial charge in [-0.25, -0.2) is 13.6 Å². The largest absolute Gasteiger partial charge is 0.508 e. The molecule has 2 aromatic rings. The maximum atomic E-state index is 11.5. The van der Waals surface area contributed by atoms with E-state index < -0.39 is 10.0 Å². The van der Waals surface area contributed by atoms with Gasteiger partial charge in [0.05, 0.1) is 7.11 Å². The van der Waals surface area contributed by atoms with Crippen LogP contribution in [0.4, 0.5) is 5.69 Å². The third-order valence-electron chi connectivity index (χ3n) is 2.88. The van der Waals surface area contributed by atoms with E-state index in [0.29, 0.717) is 12.2 Å². The number of hydrogen-bond acceptors (Lipinski definition) is 5. The van der Waals surface area contributed by atoms with Gasteiger partial charge in [-0.15, -0.1) is 0 Å². The van der Waals surface area contributed by atoms with Crippen molar-refractivity contribution in [2.45, 2.75) is 11.4 Å². The van der Waals surface area contributed by atoms with Crippen molar-refractivity contribution >= 4 is 15.7 Å². The molecule has 7 heteroatoms. The lowest BCUT2D eigenvalue weighted by Crippen LogP contribution is -2.14. The first-order valence-corrected chi connectivity index (χ1v) is 7.67. The van der Waals surface area contributed by atoms with Gasteiger partial charge in [0.15, 0.2) is 0 Å². The number of aromatic hydroxyl groups is 1. The van der Waals surface area contributed by atoms with Gasteiger partial charge in [0.2, 0.25) is 10.0 Å². The number of benzene rings is 2. The zero-order chi connectivity index (χ0) is 15.5. The maximum absolute atomic E-state index is 11.5. The number of primary sulfonamides is 1. The van der Waals surface area contributed by atoms with Crippen LogP contribution in [0.25, 0.3) is 0 Å². The highest BCUT2D eigenvalue weighted by Crippen LogP contribution is 2.26. The number of anilines is 1. The van der Waals surface area contributed by atoms with E-state index in [1.165, 1.54) is 19.2 Å². The van der Waals surface area contributed by atoms with Crippen LogP contribution in [0.1, 0.15) is 5.56 Å². The van der Waals surface area contributed by atoms with Gasteiger partial charge in [0.1, 0.15) is 16.4 Å². The molecular formula is C14H16N2O4S. The Labute approximate surface area is 123 Å². The molecule has 0 bridgehead atoms. The van der Waals surface area contributed by atoms with Crippen molar-refractivity contribution in [2.75, 3.05) is 12.4 Å². The first-order valence-electron chi connectivity index (χ1n) is 6.13. The van der Waals surface area contributed by atoms with Gasteiger partial charge in [0.25, 0.3) is 0 Å². The summed E-state index contributed by atoms with van der Waals surface area (Å²) in [5, 5.41) is 17.6. The van der Waals surface area contributed by atoms with Gasteiger partial charge >= 0.3 is 0 Å². The number of rotatable bonds is 5. The Kier molecular flexibility index (Phi) is 4.35. The van der Waals surface area contributed by atoms with Gasteiger partial charge in [-0.3, -0.25) is 0 Å². The van der Waals surface area contributed by atoms with Crippen LogP contribution >= 0.6 is 0 Å². The fourth-order valence-corrected chi connectivity index (χ4v) is 2.60. The van der Waals surface area contributed by atoms with Crippen molar-refractivity contribution in [1.82, 2.24) is 0 Å². The lowest BCUT2D eigenvalue weighted by atomic mass is 10.2. The Hall–Kier alpha value is -2.25. The fourth-order valence-electron chi connectivity index (χ4n) is 1.88. The second-order valence-electron chi connectivity index (χ2n) is 4.43. The van der Waals surface area contributed by atoms with E-state index in [2.05, 4.69) is 5.32 Å². The van der Waals surface area contributed by atoms with E-state index in [1.54, 1.807) is 24.3 Å². The van der Waals surface area contributed by atoms with Crippen LogP contribution in [-0.2, 0) is 16.6 Å². The Morgan fingerprint density at radius 1 is 1.24 bits per heavy atom. The lowest BCUT2D eigenvalue weighted by molar-refractivity contribution is 0.403. The molecular weight excluding hydrogens is 292 g/mol. The summed E-state index contributed by atoms with van der Waals surface area (Å²) in [4.78, 5) is -0.0779. The Morgan fingerprint density at radius 2 is 2.00 bits per heavy atom. The molecule has 0 atom stereocenters. The molecule has 6 nitrogen and oxygen atoms in total. The number of phenols is 1. The highest BCUT2D eigenvalue weighted by molar-refractivity contribution is 7.89. The molecule has 0 heterocycles. The maximum Gasteiger partial charge on any atom is 0.241 e. The van der Waals surface area contributed by atoms with E-state index in [4.69, 9.17) is 9.88 Å². The molecule has 0 aromatic heterocycles. The molecule has 0 unspecified atom stereocenters. The minimum Gasteiger partial charge on any atom is -0.508 e. The molecule has 2 aromatic carbocycles. The van der Waals surface area contributed by atoms with Gasteiger partial charge in [-0.1, -0.05) is 12.1 Å². The molecule has 21 heavy (non-hydrogen) atoms. The molecule has 0 fully saturated rings. The number of hydrogen-bond donors (Lipinski definition) is 3. The monoisotopic (exact) mass is 308 g/mol. The molecule has 112 valence electrons. The van der Waals surface area contributed by atoms with Crippen molar-refractivity contribution < 1.29 is 18.3 Å². The zero-order valence-electron chi connectivity index (χ0n) is 11.4. The van der Waals surface area contributed by atoms with Crippen LogP contribution in [0.5, 0.6) is 11.5 Å². The number of sulfonamides is 1. The number of methoxy groups -OCH3 is 1. The van der Waals surface area contributed by atoms with Crippen molar-refractivity contribution in [3.63, 3.8) is 0 Å². The van der Waals surface area contributed by atoms with Crippen molar-refractivity contribution in [1.29, 1.82) is 0 Å². The molecule has 0 amide bonds. The van der Waals surface area contributed by atoms with E-state index >= 15 is 0 Å². The van der Waals surface area contributed by atoms with Gasteiger partial charge in [0, 0.05) is 12.2 Å². The Balaban J connectivity index is 2.22. The highest BCUT2D eigenvalue weighted by Gasteiger charge is 2.15. The Morgan fingerprint density at radius 3 is 2.62 bits per heavy atom. The van der Waals surface area contributed by atoms with E-state index in [1.807, 2.05) is 6.07 Å². The number of phenolic OH excluding ortho intramolecular Hbond substituents is 1. The summed E-state index contributed by atoms with van der Waals surface area (Å²) in [7, 11) is -2.48. The number of nitrogens with one attached hydrogen (secondary N) is 1. The van der Waals surface area contributed by atoms with Crippen LogP contribution in [0, 0.1) is 0 Å². The minimum atomic E-state index is -3.86. The average Bonchev–Trinajstić information content (AvgIpc) is 2.44. The SMILES string of the molecule is COc1ccc(NCc2cccc(O)c2)cc1S(N)(=O)=O. The number of ether oxygens (including phenoxy) is 1. The summed E-state index contributed by atoms with van der Waals surface area (Å²) in [6.07, 6.45) is 0. The van der Waals surface area contributed by atoms with Gasteiger partial charge in [-0.2, -0.15) is 0 Å². The van der Waals surface area contributed by atoms with Crippen LogP contribution < -0.4 is 15.2 Å². The molecule has 2 rings (SSSR count). The van der Waals surface area contributed by atoms with Crippen molar-refractivity contribution in [3.05, 3.63) is 48.0 Å². The minimum absolute atomic E-state index is 0.0779. The fraction of sp³-hybridized carbons (Fsp3) is 0.143. The van der Waals surface area contributed by atoms with E-state index in [0.717, 1.165) is 5.56 Å². The van der Waals surface area contributed by atoms with Crippen LogP contribution in [0.2, 0.25) is 0 Å². The lowest BCUT2D eigenvalue weighted by Gasteiger charge is -2.11. The molecule has 4 N–H and O–H groups in total. The zero-order valence-corrected chi connectivity index (χ0v) is 12.2. The molecule has 0 aliphatic heterocycles. The molecule has 0 saturated carbocycles. The van der Waals surface area contributed by atoms with Crippen LogP contribution in [0.3, 0.4) is 0 Å². The molecule has 0 aliphatic carbocycles. The molecule has 0 saturated heterocycles. The van der Waals surface area contributed by atoms with Gasteiger partial charge < -0.3 is 15.2 Å². The third-order valence-corrected chi connectivity index (χ3v) is 3.81. The Bertz CT molecular complexity index is 744. The predicted molar refractivity (Wildman–Crippen MR) is 79.8 cm³/mol. The molecule has 0 aliphatic rings. The van der Waals surface area contributed by atoms with Gasteiger partial charge in [-0.05, 0) is 35.9 Å². The molecule has 0 radical (unpaired) electrons. The second kappa shape index (κ2) is 6.02. The van der Waals surface area contributed by atoms with Crippen LogP contribution in [-0.4, -0.2) is 20.6 Å². The summed E-state index contributed by atoms with van der Waals surface area (Å²) in [5.74, 6) is 0.370. The predicted octanol–water partition coefficient (Wildman–Crippen LogP) is 1.66. The quantitative estimate of drug-likeness (QED) is 0.779. The number of nitrogens with two attached hydrogens (primary N) is 1. The van der Waals surface area contributed by atoms with Crippen molar-refractivity contribution in [3.8, 4) is 11.5 Å². The second-order valence-corrected chi connectivity index (χ2v) is 5.96. The highest BCUT2D eigenvalue weighted by atomic mass is 32.2. The molecule has 0 spiro atoms. The standard InChI is InChI=1S/C14H16N2O4S/c1-20-13-6-5-11(8-14(13)21(15,18)19)16-9-10-3-2-4-12(17)7-10/h2-8,16-17H,9H2,1H3,(H2,15,18,19). The topological polar surface area (TPSA) is 102 Å². The first-order chi connectivity index (χ1) is 9.90. The van der Waals surface area contributed by atoms with E-state index in [-0.39, 0.29) is 16.4 Å². The smallest absolute Gasteiger partial charge is 0.241 e. The average molecular weight is 308 g/mol. The van der Waals surface area contributed by atoms with Crippen molar-refractivity contribution in [2.24, 2.45) is 5.14 Å². The summed E-state index contributed by atoms with van der Waals surface area (Å²) >= 11 is 0. The summed E-state index contributed by atoms with van der Waals surface area (Å²) in [6.45, 7) is 0.435. The summed E-state index contributed by atoms with van der Waals surface area (Å²) < 4.78 is 28.0. The third kappa shape index (κ3) is 3.87. The summed E-state index contributed by atoms with van der Waals surface area (Å²) in [5.41, 5.74) is 1.45. The van der Waals surface area contributed by atoms with Crippen LogP contribution in [0.15, 0.2) is 47.4 Å².